The van der Waals surface area contributed by atoms with Crippen LogP contribution in [0, 0.1) is 24.3 Å². The summed E-state index contributed by atoms with van der Waals surface area (Å²) in [4.78, 5) is 6.34. The lowest BCUT2D eigenvalue weighted by Gasteiger charge is -2.11. The number of aryl methyl sites for hydroxylation is 2. The molecule has 26 heavy (non-hydrogen) atoms. The molecule has 0 bridgehead atoms. The van der Waals surface area contributed by atoms with Crippen LogP contribution in [0.2, 0.25) is 0 Å². The number of halogens is 1. The van der Waals surface area contributed by atoms with Gasteiger partial charge < -0.3 is 5.11 Å². The van der Waals surface area contributed by atoms with Crippen LogP contribution >= 0.6 is 33.9 Å². The van der Waals surface area contributed by atoms with Crippen molar-refractivity contribution >= 4 is 39.6 Å². The fourth-order valence-electron chi connectivity index (χ4n) is 3.31. The van der Waals surface area contributed by atoms with Crippen molar-refractivity contribution in [2.45, 2.75) is 33.2 Å². The highest BCUT2D eigenvalue weighted by atomic mass is 127. The van der Waals surface area contributed by atoms with E-state index in [1.54, 1.807) is 11.3 Å². The number of hydrogen-bond acceptors (Lipinski definition) is 5. The Labute approximate surface area is 170 Å². The normalized spacial score (nSPS) is 16.0. The maximum absolute atomic E-state index is 9.58. The molecule has 7 heteroatoms. The second-order valence-electron chi connectivity index (χ2n) is 6.42. The van der Waals surface area contributed by atoms with Gasteiger partial charge in [0.15, 0.2) is 5.82 Å². The molecule has 2 aromatic heterocycles. The lowest BCUT2D eigenvalue weighted by atomic mass is 10.00. The van der Waals surface area contributed by atoms with E-state index < -0.39 is 0 Å². The van der Waals surface area contributed by atoms with Crippen molar-refractivity contribution < 1.29 is 5.11 Å². The molecule has 0 unspecified atom stereocenters. The molecule has 0 spiro atoms. The minimum Gasteiger partial charge on any atom is -0.396 e. The van der Waals surface area contributed by atoms with Crippen LogP contribution in [0.5, 0.6) is 0 Å². The number of hydrogen-bond donors (Lipinski definition) is 1. The zero-order valence-electron chi connectivity index (χ0n) is 14.8. The Hall–Kier alpha value is -1.58. The number of benzene rings is 1. The topological polar surface area (TPSA) is 63.3 Å². The van der Waals surface area contributed by atoms with Gasteiger partial charge in [-0.1, -0.05) is 12.1 Å². The molecule has 1 aliphatic heterocycles. The summed E-state index contributed by atoms with van der Waals surface area (Å²) in [6.45, 7) is 6.32. The zero-order valence-corrected chi connectivity index (χ0v) is 17.8. The molecule has 1 aromatic carbocycles. The Bertz CT molecular complexity index is 1000. The van der Waals surface area contributed by atoms with Gasteiger partial charge in [0.2, 0.25) is 0 Å². The summed E-state index contributed by atoms with van der Waals surface area (Å²) >= 11 is 4.07. The molecule has 1 aliphatic rings. The molecular weight excluding hydrogens is 459 g/mol. The van der Waals surface area contributed by atoms with E-state index >= 15 is 0 Å². The monoisotopic (exact) mass is 478 g/mol. The van der Waals surface area contributed by atoms with Crippen LogP contribution in [0.25, 0.3) is 5.00 Å². The first-order valence-corrected chi connectivity index (χ1v) is 10.4. The Morgan fingerprint density at radius 2 is 1.88 bits per heavy atom. The number of fused-ring (bicyclic) bond motifs is 3. The summed E-state index contributed by atoms with van der Waals surface area (Å²) < 4.78 is 3.31. The van der Waals surface area contributed by atoms with Gasteiger partial charge in [0.25, 0.3) is 0 Å². The average molecular weight is 478 g/mol. The largest absolute Gasteiger partial charge is 0.396 e. The summed E-state index contributed by atoms with van der Waals surface area (Å²) in [5.74, 6) is 1.66. The van der Waals surface area contributed by atoms with Gasteiger partial charge >= 0.3 is 0 Å². The molecule has 5 nitrogen and oxygen atoms in total. The molecule has 1 atom stereocenters. The maximum Gasteiger partial charge on any atom is 0.163 e. The molecule has 0 saturated carbocycles. The predicted molar refractivity (Wildman–Crippen MR) is 113 cm³/mol. The number of aliphatic hydroxyl groups excluding tert-OH is 1. The van der Waals surface area contributed by atoms with Crippen molar-refractivity contribution in [2.75, 3.05) is 6.61 Å². The van der Waals surface area contributed by atoms with Crippen LogP contribution in [0.3, 0.4) is 0 Å². The Morgan fingerprint density at radius 3 is 2.58 bits per heavy atom. The molecule has 0 fully saturated rings. The molecule has 3 heterocycles. The number of aliphatic imine (C=N–C) groups is 1. The molecule has 4 rings (SSSR count). The molecule has 0 saturated heterocycles. The lowest BCUT2D eigenvalue weighted by molar-refractivity contribution is 0.274. The van der Waals surface area contributed by atoms with Crippen LogP contribution < -0.4 is 0 Å². The molecule has 0 radical (unpaired) electrons. The van der Waals surface area contributed by atoms with Gasteiger partial charge in [0, 0.05) is 32.6 Å². The minimum absolute atomic E-state index is 0.0612. The van der Waals surface area contributed by atoms with Gasteiger partial charge in [-0.25, -0.2) is 0 Å². The van der Waals surface area contributed by atoms with Crippen molar-refractivity contribution in [1.82, 2.24) is 14.8 Å². The molecule has 0 aliphatic carbocycles. The fraction of sp³-hybridized carbons (Fsp3) is 0.316. The van der Waals surface area contributed by atoms with Crippen molar-refractivity contribution in [3.8, 4) is 5.00 Å². The summed E-state index contributed by atoms with van der Waals surface area (Å²) in [5, 5.41) is 19.4. The van der Waals surface area contributed by atoms with Gasteiger partial charge in [-0.3, -0.25) is 9.56 Å². The van der Waals surface area contributed by atoms with Gasteiger partial charge in [-0.05, 0) is 61.1 Å². The lowest BCUT2D eigenvalue weighted by Crippen LogP contribution is -2.08. The van der Waals surface area contributed by atoms with Crippen molar-refractivity contribution in [1.29, 1.82) is 0 Å². The first kappa shape index (κ1) is 17.8. The van der Waals surface area contributed by atoms with Crippen molar-refractivity contribution in [3.63, 3.8) is 0 Å². The smallest absolute Gasteiger partial charge is 0.163 e. The van der Waals surface area contributed by atoms with E-state index in [9.17, 15) is 5.11 Å². The van der Waals surface area contributed by atoms with Gasteiger partial charge in [-0.15, -0.1) is 21.5 Å². The van der Waals surface area contributed by atoms with E-state index in [2.05, 4.69) is 75.5 Å². The third-order valence-corrected chi connectivity index (χ3v) is 6.67. The second kappa shape index (κ2) is 6.86. The van der Waals surface area contributed by atoms with Crippen LogP contribution in [-0.2, 0) is 0 Å². The number of rotatable bonds is 3. The van der Waals surface area contributed by atoms with Crippen molar-refractivity contribution in [2.24, 2.45) is 4.99 Å². The Kier molecular flexibility index (Phi) is 4.70. The molecule has 134 valence electrons. The van der Waals surface area contributed by atoms with E-state index in [1.165, 1.54) is 14.0 Å². The van der Waals surface area contributed by atoms with Gasteiger partial charge in [-0.2, -0.15) is 0 Å². The summed E-state index contributed by atoms with van der Waals surface area (Å²) in [6, 6.07) is 8.22. The molecule has 0 amide bonds. The summed E-state index contributed by atoms with van der Waals surface area (Å²) in [7, 11) is 0. The average Bonchev–Trinajstić information content (AvgIpc) is 3.09. The van der Waals surface area contributed by atoms with E-state index in [1.807, 2.05) is 6.92 Å². The third-order valence-electron chi connectivity index (χ3n) is 4.76. The summed E-state index contributed by atoms with van der Waals surface area (Å²) in [5.41, 5.74) is 4.46. The number of thiophene rings is 1. The fourth-order valence-corrected chi connectivity index (χ4v) is 4.89. The highest BCUT2D eigenvalue weighted by Crippen LogP contribution is 2.39. The molecule has 3 aromatic rings. The first-order chi connectivity index (χ1) is 12.5. The highest BCUT2D eigenvalue weighted by Gasteiger charge is 2.30. The number of aromatic nitrogens is 3. The molecule has 1 N–H and O–H groups in total. The standard InChI is InChI=1S/C19H19IN4OS/c1-10-11(2)26-19-16(10)17(13-4-6-14(20)7-5-13)21-15(8-9-25)18-23-22-12(3)24(18)19/h4-7,15,25H,8-9H2,1-3H3/t15-/m0/s1. The Morgan fingerprint density at radius 1 is 1.15 bits per heavy atom. The highest BCUT2D eigenvalue weighted by molar-refractivity contribution is 14.1. The van der Waals surface area contributed by atoms with E-state index in [0.29, 0.717) is 6.42 Å². The van der Waals surface area contributed by atoms with Crippen LogP contribution in [0.4, 0.5) is 0 Å². The quantitative estimate of drug-likeness (QED) is 0.576. The van der Waals surface area contributed by atoms with Crippen molar-refractivity contribution in [3.05, 3.63) is 61.1 Å². The van der Waals surface area contributed by atoms with Gasteiger partial charge in [0.1, 0.15) is 16.9 Å². The zero-order chi connectivity index (χ0) is 18.4. The van der Waals surface area contributed by atoms with Crippen LogP contribution in [-0.4, -0.2) is 32.2 Å². The minimum atomic E-state index is -0.213. The third kappa shape index (κ3) is 2.82. The van der Waals surface area contributed by atoms with Gasteiger partial charge in [0.05, 0.1) is 5.71 Å². The van der Waals surface area contributed by atoms with E-state index in [-0.39, 0.29) is 12.6 Å². The maximum atomic E-state index is 9.58. The Balaban J connectivity index is 2.03. The first-order valence-electron chi connectivity index (χ1n) is 8.48. The number of nitrogens with zero attached hydrogens (tertiary/aromatic N) is 4. The predicted octanol–water partition coefficient (Wildman–Crippen LogP) is 4.13. The number of aliphatic hydroxyl groups is 1. The van der Waals surface area contributed by atoms with E-state index in [4.69, 9.17) is 4.99 Å². The molecular formula is C19H19IN4OS. The summed E-state index contributed by atoms with van der Waals surface area (Å²) in [6.07, 6.45) is 0.527. The van der Waals surface area contributed by atoms with Crippen LogP contribution in [0.15, 0.2) is 29.3 Å². The van der Waals surface area contributed by atoms with E-state index in [0.717, 1.165) is 33.5 Å². The SMILES string of the molecule is Cc1sc2c(c1C)C(c1ccc(I)cc1)=N[C@@H](CCO)c1nnc(C)n1-2. The second-order valence-corrected chi connectivity index (χ2v) is 8.87. The van der Waals surface area contributed by atoms with Crippen LogP contribution in [0.1, 0.15) is 45.7 Å².